The first kappa shape index (κ1) is 28.1. The van der Waals surface area contributed by atoms with Crippen molar-refractivity contribution < 1.29 is 23.4 Å². The van der Waals surface area contributed by atoms with Gasteiger partial charge in [-0.3, -0.25) is 0 Å². The molecule has 5 N–H and O–H groups in total. The fourth-order valence-corrected chi connectivity index (χ4v) is 5.99. The first-order valence-corrected chi connectivity index (χ1v) is 13.5. The van der Waals surface area contributed by atoms with E-state index in [0.717, 1.165) is 6.42 Å². The SMILES string of the molecule is CC[C@H]1OC(C)(c2ccc3c(N)ncnn23)[C@H](F)[C@@H]1C.CC[C@H]1OC(O)(c2ccc3c(N)ncnn23)[C@H](F)[C@@H]1C. The number of nitrogen functional groups attached to an aromatic ring is 2. The van der Waals surface area contributed by atoms with E-state index in [1.54, 1.807) is 36.6 Å². The van der Waals surface area contributed by atoms with Crippen molar-refractivity contribution in [2.75, 3.05) is 11.5 Å². The summed E-state index contributed by atoms with van der Waals surface area (Å²) in [6, 6.07) is 6.83. The third-order valence-corrected chi connectivity index (χ3v) is 8.37. The van der Waals surface area contributed by atoms with Crippen LogP contribution in [0.25, 0.3) is 11.0 Å². The summed E-state index contributed by atoms with van der Waals surface area (Å²) in [6.45, 7) is 9.31. The number of fused-ring (bicyclic) bond motifs is 2. The van der Waals surface area contributed by atoms with E-state index in [2.05, 4.69) is 20.2 Å². The van der Waals surface area contributed by atoms with Gasteiger partial charge in [0.25, 0.3) is 0 Å². The molecule has 6 heterocycles. The number of aliphatic hydroxyl groups is 1. The topological polar surface area (TPSA) is 151 Å². The molecule has 2 aliphatic rings. The Morgan fingerprint density at radius 2 is 1.30 bits per heavy atom. The van der Waals surface area contributed by atoms with Gasteiger partial charge in [-0.25, -0.2) is 27.8 Å². The number of anilines is 2. The molecule has 4 aromatic heterocycles. The van der Waals surface area contributed by atoms with E-state index in [-0.39, 0.29) is 29.6 Å². The molecule has 216 valence electrons. The molecule has 8 atom stereocenters. The number of hydrogen-bond donors (Lipinski definition) is 3. The van der Waals surface area contributed by atoms with Crippen LogP contribution in [0.1, 0.15) is 58.8 Å². The van der Waals surface area contributed by atoms with Crippen LogP contribution >= 0.6 is 0 Å². The summed E-state index contributed by atoms with van der Waals surface area (Å²) < 4.78 is 43.9. The van der Waals surface area contributed by atoms with Gasteiger partial charge in [-0.15, -0.1) is 0 Å². The molecular formula is C27H36F2N8O3. The Hall–Kier alpha value is -3.42. The van der Waals surface area contributed by atoms with E-state index in [1.807, 2.05) is 26.8 Å². The fourth-order valence-electron chi connectivity index (χ4n) is 5.99. The maximum absolute atomic E-state index is 14.8. The van der Waals surface area contributed by atoms with Crippen molar-refractivity contribution in [2.45, 2.75) is 83.4 Å². The lowest BCUT2D eigenvalue weighted by Gasteiger charge is -2.26. The Morgan fingerprint density at radius 1 is 0.825 bits per heavy atom. The molecule has 0 aliphatic carbocycles. The molecule has 2 saturated heterocycles. The van der Waals surface area contributed by atoms with Crippen LogP contribution in [-0.4, -0.2) is 58.9 Å². The van der Waals surface area contributed by atoms with Crippen LogP contribution in [-0.2, 0) is 20.9 Å². The predicted molar refractivity (Wildman–Crippen MR) is 144 cm³/mol. The zero-order valence-electron chi connectivity index (χ0n) is 23.2. The van der Waals surface area contributed by atoms with Gasteiger partial charge in [-0.1, -0.05) is 27.7 Å². The molecule has 13 heteroatoms. The van der Waals surface area contributed by atoms with Crippen molar-refractivity contribution in [1.82, 2.24) is 29.2 Å². The zero-order valence-corrected chi connectivity index (χ0v) is 23.2. The highest BCUT2D eigenvalue weighted by Crippen LogP contribution is 2.46. The standard InChI is InChI=1S/C14H19FN4O.C13H17FN4O2/c1-4-10-8(2)12(15)14(3,20-10)11-6-5-9-13(16)17-7-18-19(9)11;1-3-9-7(2)11(14)13(19,20-9)10-5-4-8-12(15)16-6-17-18(8)10/h5-8,10,12H,4H2,1-3H3,(H2,16,17,18);4-7,9,11,19H,3H2,1-2H3,(H2,15,16,17)/t8-,10-,12-,14?;7-,9-,11-,13?/m11/s1. The van der Waals surface area contributed by atoms with E-state index in [9.17, 15) is 13.9 Å². The second-order valence-electron chi connectivity index (χ2n) is 10.8. The molecular weight excluding hydrogens is 522 g/mol. The smallest absolute Gasteiger partial charge is 0.243 e. The van der Waals surface area contributed by atoms with Crippen LogP contribution < -0.4 is 11.5 Å². The summed E-state index contributed by atoms with van der Waals surface area (Å²) in [6.07, 6.45) is 1.03. The summed E-state index contributed by atoms with van der Waals surface area (Å²) >= 11 is 0. The number of ether oxygens (including phenoxy) is 2. The lowest BCUT2D eigenvalue weighted by Crippen LogP contribution is -2.36. The molecule has 2 unspecified atom stereocenters. The monoisotopic (exact) mass is 558 g/mol. The molecule has 0 bridgehead atoms. The van der Waals surface area contributed by atoms with Crippen LogP contribution in [0.4, 0.5) is 20.4 Å². The minimum Gasteiger partial charge on any atom is -0.382 e. The first-order valence-electron chi connectivity index (χ1n) is 13.5. The minimum absolute atomic E-state index is 0.0836. The first-order chi connectivity index (χ1) is 19.0. The molecule has 4 aromatic rings. The third-order valence-electron chi connectivity index (χ3n) is 8.37. The number of aromatic nitrogens is 6. The maximum Gasteiger partial charge on any atom is 0.243 e. The van der Waals surface area contributed by atoms with Crippen molar-refractivity contribution in [3.8, 4) is 0 Å². The van der Waals surface area contributed by atoms with Gasteiger partial charge in [-0.2, -0.15) is 10.2 Å². The van der Waals surface area contributed by atoms with Crippen molar-refractivity contribution in [3.63, 3.8) is 0 Å². The molecule has 2 fully saturated rings. The van der Waals surface area contributed by atoms with E-state index < -0.39 is 29.6 Å². The lowest BCUT2D eigenvalue weighted by atomic mass is 9.89. The predicted octanol–water partition coefficient (Wildman–Crippen LogP) is 3.55. The summed E-state index contributed by atoms with van der Waals surface area (Å²) in [5.74, 6) is -1.90. The van der Waals surface area contributed by atoms with Crippen molar-refractivity contribution >= 4 is 22.7 Å². The number of nitrogens with zero attached hydrogens (tertiary/aromatic N) is 6. The quantitative estimate of drug-likeness (QED) is 0.342. The molecule has 6 rings (SSSR count). The number of hydrogen-bond acceptors (Lipinski definition) is 9. The van der Waals surface area contributed by atoms with Crippen molar-refractivity contribution in [3.05, 3.63) is 48.3 Å². The van der Waals surface area contributed by atoms with Crippen LogP contribution in [0, 0.1) is 11.8 Å². The van der Waals surface area contributed by atoms with Gasteiger partial charge in [0.2, 0.25) is 5.79 Å². The van der Waals surface area contributed by atoms with Gasteiger partial charge in [0.05, 0.1) is 17.9 Å². The molecule has 0 spiro atoms. The molecule has 2 aliphatic heterocycles. The zero-order chi connectivity index (χ0) is 29.0. The summed E-state index contributed by atoms with van der Waals surface area (Å²) in [4.78, 5) is 7.81. The van der Waals surface area contributed by atoms with E-state index in [1.165, 1.54) is 17.2 Å². The molecule has 0 amide bonds. The van der Waals surface area contributed by atoms with Crippen molar-refractivity contribution in [1.29, 1.82) is 0 Å². The second-order valence-corrected chi connectivity index (χ2v) is 10.8. The van der Waals surface area contributed by atoms with Gasteiger partial charge in [-0.05, 0) is 44.0 Å². The van der Waals surface area contributed by atoms with Crippen LogP contribution in [0.2, 0.25) is 0 Å². The number of nitrogens with two attached hydrogens (primary N) is 2. The van der Waals surface area contributed by atoms with E-state index in [4.69, 9.17) is 20.9 Å². The van der Waals surface area contributed by atoms with E-state index in [0.29, 0.717) is 29.0 Å². The summed E-state index contributed by atoms with van der Waals surface area (Å²) in [5.41, 5.74) is 12.6. The Kier molecular flexibility index (Phi) is 7.17. The highest BCUT2D eigenvalue weighted by Gasteiger charge is 2.55. The average molecular weight is 559 g/mol. The van der Waals surface area contributed by atoms with E-state index >= 15 is 0 Å². The van der Waals surface area contributed by atoms with Crippen molar-refractivity contribution in [2.24, 2.45) is 11.8 Å². The maximum atomic E-state index is 14.8. The Morgan fingerprint density at radius 3 is 1.80 bits per heavy atom. The average Bonchev–Trinajstić information content (AvgIpc) is 3.68. The number of alkyl halides is 2. The molecule has 0 aromatic carbocycles. The summed E-state index contributed by atoms with van der Waals surface area (Å²) in [5, 5.41) is 18.9. The highest BCUT2D eigenvalue weighted by atomic mass is 19.1. The minimum atomic E-state index is -2.01. The van der Waals surface area contributed by atoms with Gasteiger partial charge in [0.15, 0.2) is 17.8 Å². The number of halogens is 2. The van der Waals surface area contributed by atoms with Gasteiger partial charge in [0, 0.05) is 11.8 Å². The lowest BCUT2D eigenvalue weighted by molar-refractivity contribution is -0.227. The van der Waals surface area contributed by atoms with Gasteiger partial charge in [0.1, 0.15) is 41.2 Å². The van der Waals surface area contributed by atoms with Crippen LogP contribution in [0.5, 0.6) is 0 Å². The summed E-state index contributed by atoms with van der Waals surface area (Å²) in [7, 11) is 0. The Bertz CT molecular complexity index is 1400. The Balaban J connectivity index is 0.000000161. The molecule has 11 nitrogen and oxygen atoms in total. The second kappa shape index (κ2) is 10.2. The van der Waals surface area contributed by atoms with Crippen LogP contribution in [0.15, 0.2) is 36.9 Å². The normalized spacial score (nSPS) is 33.9. The highest BCUT2D eigenvalue weighted by molar-refractivity contribution is 5.66. The fraction of sp³-hybridized carbons (Fsp3) is 0.556. The molecule has 40 heavy (non-hydrogen) atoms. The largest absolute Gasteiger partial charge is 0.382 e. The third kappa shape index (κ3) is 4.18. The number of rotatable bonds is 4. The van der Waals surface area contributed by atoms with Gasteiger partial charge < -0.3 is 26.0 Å². The van der Waals surface area contributed by atoms with Gasteiger partial charge >= 0.3 is 0 Å². The van der Waals surface area contributed by atoms with Crippen LogP contribution in [0.3, 0.4) is 0 Å². The molecule has 0 saturated carbocycles. The Labute approximate surface area is 230 Å². The molecule has 0 radical (unpaired) electrons.